The minimum Gasteiger partial charge on any atom is -1.00 e. The van der Waals surface area contributed by atoms with E-state index in [1.54, 1.807) is 0 Å². The van der Waals surface area contributed by atoms with Crippen LogP contribution in [0.25, 0.3) is 0 Å². The number of rotatable bonds is 7. The van der Waals surface area contributed by atoms with Gasteiger partial charge >= 0.3 is 12.4 Å². The van der Waals surface area contributed by atoms with E-state index in [-0.39, 0.29) is 53.6 Å². The van der Waals surface area contributed by atoms with E-state index in [0.29, 0.717) is 4.48 Å². The molecule has 0 bridgehead atoms. The van der Waals surface area contributed by atoms with Crippen LogP contribution in [0.1, 0.15) is 29.6 Å². The Hall–Kier alpha value is -1.44. The van der Waals surface area contributed by atoms with Crippen molar-refractivity contribution in [1.82, 2.24) is 5.32 Å². The second-order valence-electron chi connectivity index (χ2n) is 7.83. The van der Waals surface area contributed by atoms with E-state index in [4.69, 9.17) is 0 Å². The third-order valence-electron chi connectivity index (χ3n) is 5.00. The van der Waals surface area contributed by atoms with Gasteiger partial charge in [-0.2, -0.15) is 26.3 Å². The zero-order chi connectivity index (χ0) is 22.6. The van der Waals surface area contributed by atoms with Crippen LogP contribution < -0.4 is 38.8 Å². The van der Waals surface area contributed by atoms with Gasteiger partial charge in [-0.1, -0.05) is 0 Å². The van der Waals surface area contributed by atoms with Gasteiger partial charge in [0.25, 0.3) is 5.91 Å². The summed E-state index contributed by atoms with van der Waals surface area (Å²) in [5, 5.41) is 2.67. The molecule has 1 aromatic rings. The van der Waals surface area contributed by atoms with Gasteiger partial charge in [0.2, 0.25) is 0 Å². The molecule has 1 aromatic carbocycles. The molecule has 5 nitrogen and oxygen atoms in total. The van der Waals surface area contributed by atoms with Crippen LogP contribution in [-0.2, 0) is 0 Å². The van der Waals surface area contributed by atoms with Crippen LogP contribution in [-0.4, -0.2) is 69.2 Å². The standard InChI is InChI=1S/C19H24F6N2O3.HI/c1-27(2)8-4-3-5-13(27)10-26-17(28)15-9-14(29-11-18(20,21)22)6-7-16(15)30-12-19(23,24)25;/h6-7,9,13H,3-5,8,10-12H2,1-2H3;1H. The van der Waals surface area contributed by atoms with E-state index in [9.17, 15) is 31.1 Å². The lowest BCUT2D eigenvalue weighted by Gasteiger charge is -2.41. The molecule has 1 N–H and O–H groups in total. The van der Waals surface area contributed by atoms with Crippen molar-refractivity contribution < 1.29 is 69.1 Å². The fraction of sp³-hybridized carbons (Fsp3) is 0.632. The predicted molar refractivity (Wildman–Crippen MR) is 96.5 cm³/mol. The molecule has 0 spiro atoms. The molecule has 1 atom stereocenters. The molecule has 1 aliphatic heterocycles. The molecular weight excluding hydrogens is 545 g/mol. The van der Waals surface area contributed by atoms with E-state index in [0.717, 1.165) is 44.0 Å². The summed E-state index contributed by atoms with van der Waals surface area (Å²) in [5.41, 5.74) is -0.319. The minimum absolute atomic E-state index is 0. The molecule has 31 heavy (non-hydrogen) atoms. The molecule has 0 aromatic heterocycles. The van der Waals surface area contributed by atoms with Gasteiger partial charge in [0.05, 0.1) is 32.7 Å². The zero-order valence-electron chi connectivity index (χ0n) is 17.1. The molecule has 178 valence electrons. The highest BCUT2D eigenvalue weighted by Gasteiger charge is 2.33. The number of halogens is 7. The molecule has 0 saturated carbocycles. The summed E-state index contributed by atoms with van der Waals surface area (Å²) in [6.45, 7) is -2.02. The number of nitrogens with one attached hydrogen (secondary N) is 1. The van der Waals surface area contributed by atoms with Gasteiger partial charge in [-0.25, -0.2) is 0 Å². The Kier molecular flexibility index (Phi) is 9.72. The van der Waals surface area contributed by atoms with Gasteiger partial charge in [0, 0.05) is 6.42 Å². The molecule has 1 unspecified atom stereocenters. The number of carbonyl (C=O) groups excluding carboxylic acids is 1. The first-order chi connectivity index (χ1) is 13.8. The lowest BCUT2D eigenvalue weighted by Crippen LogP contribution is -3.00. The summed E-state index contributed by atoms with van der Waals surface area (Å²) >= 11 is 0. The molecule has 2 rings (SSSR count). The molecule has 1 amide bonds. The van der Waals surface area contributed by atoms with Gasteiger partial charge in [-0.3, -0.25) is 4.79 Å². The first kappa shape index (κ1) is 27.6. The number of piperidine rings is 1. The van der Waals surface area contributed by atoms with Crippen molar-refractivity contribution in [3.05, 3.63) is 23.8 Å². The Morgan fingerprint density at radius 2 is 1.68 bits per heavy atom. The number of hydrogen-bond donors (Lipinski definition) is 1. The Balaban J connectivity index is 0.00000480. The Bertz CT molecular complexity index is 740. The van der Waals surface area contributed by atoms with Crippen LogP contribution in [0, 0.1) is 0 Å². The molecule has 0 radical (unpaired) electrons. The number of nitrogens with zero attached hydrogens (tertiary/aromatic N) is 1. The normalized spacial score (nSPS) is 18.6. The third-order valence-corrected chi connectivity index (χ3v) is 5.00. The predicted octanol–water partition coefficient (Wildman–Crippen LogP) is 0.931. The van der Waals surface area contributed by atoms with Crippen LogP contribution in [0.4, 0.5) is 26.3 Å². The van der Waals surface area contributed by atoms with Gasteiger partial charge in [0.15, 0.2) is 13.2 Å². The number of quaternary nitrogens is 1. The van der Waals surface area contributed by atoms with Crippen LogP contribution in [0.3, 0.4) is 0 Å². The number of amides is 1. The first-order valence-electron chi connectivity index (χ1n) is 9.41. The van der Waals surface area contributed by atoms with Crippen molar-refractivity contribution in [2.75, 3.05) is 40.4 Å². The number of carbonyl (C=O) groups is 1. The van der Waals surface area contributed by atoms with Crippen LogP contribution in [0.2, 0.25) is 0 Å². The van der Waals surface area contributed by atoms with Crippen LogP contribution in [0.5, 0.6) is 11.5 Å². The molecule has 1 aliphatic rings. The van der Waals surface area contributed by atoms with Crippen molar-refractivity contribution in [2.45, 2.75) is 37.7 Å². The zero-order valence-corrected chi connectivity index (χ0v) is 19.2. The monoisotopic (exact) mass is 570 g/mol. The SMILES string of the molecule is C[N+]1(C)CCCCC1CNC(=O)c1cc(OCC(F)(F)F)ccc1OCC(F)(F)F.[I-]. The van der Waals surface area contributed by atoms with Crippen molar-refractivity contribution in [3.63, 3.8) is 0 Å². The lowest BCUT2D eigenvalue weighted by molar-refractivity contribution is -0.918. The number of likely N-dealkylation sites (N-methyl/N-ethyl adjacent to an activating group) is 1. The molecule has 1 fully saturated rings. The smallest absolute Gasteiger partial charge is 0.422 e. The molecule has 0 aliphatic carbocycles. The van der Waals surface area contributed by atoms with E-state index in [1.165, 1.54) is 0 Å². The maximum Gasteiger partial charge on any atom is 0.422 e. The number of benzene rings is 1. The maximum absolute atomic E-state index is 12.6. The number of likely N-dealkylation sites (tertiary alicyclic amines) is 1. The van der Waals surface area contributed by atoms with Crippen LogP contribution >= 0.6 is 0 Å². The number of alkyl halides is 6. The summed E-state index contributed by atoms with van der Waals surface area (Å²) in [7, 11) is 4.05. The Labute approximate surface area is 193 Å². The van der Waals surface area contributed by atoms with Crippen molar-refractivity contribution in [3.8, 4) is 11.5 Å². The van der Waals surface area contributed by atoms with Crippen molar-refractivity contribution in [2.24, 2.45) is 0 Å². The maximum atomic E-state index is 12.6. The number of hydrogen-bond acceptors (Lipinski definition) is 3. The van der Waals surface area contributed by atoms with Gasteiger partial charge in [0.1, 0.15) is 17.5 Å². The van der Waals surface area contributed by atoms with Gasteiger partial charge in [-0.15, -0.1) is 0 Å². The average Bonchev–Trinajstić information content (AvgIpc) is 2.62. The largest absolute Gasteiger partial charge is 1.00 e. The lowest BCUT2D eigenvalue weighted by atomic mass is 10.00. The number of ether oxygens (including phenoxy) is 2. The second-order valence-corrected chi connectivity index (χ2v) is 7.83. The molecular formula is C19H25F6IN2O3. The second kappa shape index (κ2) is 10.9. The molecule has 1 heterocycles. The third kappa shape index (κ3) is 9.29. The summed E-state index contributed by atoms with van der Waals surface area (Å²) in [6.07, 6.45) is -6.30. The Morgan fingerprint density at radius 1 is 1.06 bits per heavy atom. The highest BCUT2D eigenvalue weighted by atomic mass is 127. The van der Waals surface area contributed by atoms with Crippen molar-refractivity contribution in [1.29, 1.82) is 0 Å². The van der Waals surface area contributed by atoms with Gasteiger partial charge < -0.3 is 43.3 Å². The molecule has 1 saturated heterocycles. The van der Waals surface area contributed by atoms with Crippen molar-refractivity contribution >= 4 is 5.91 Å². The minimum atomic E-state index is -4.64. The summed E-state index contributed by atoms with van der Waals surface area (Å²) < 4.78 is 84.6. The topological polar surface area (TPSA) is 47.6 Å². The van der Waals surface area contributed by atoms with E-state index < -0.39 is 31.5 Å². The highest BCUT2D eigenvalue weighted by molar-refractivity contribution is 5.97. The first-order valence-corrected chi connectivity index (χ1v) is 9.41. The fourth-order valence-electron chi connectivity index (χ4n) is 3.31. The van der Waals surface area contributed by atoms with E-state index in [1.807, 2.05) is 14.1 Å². The van der Waals surface area contributed by atoms with E-state index in [2.05, 4.69) is 14.8 Å². The highest BCUT2D eigenvalue weighted by Crippen LogP contribution is 2.28. The summed E-state index contributed by atoms with van der Waals surface area (Å²) in [4.78, 5) is 12.6. The fourth-order valence-corrected chi connectivity index (χ4v) is 3.31. The molecule has 12 heteroatoms. The average molecular weight is 570 g/mol. The Morgan fingerprint density at radius 3 is 2.26 bits per heavy atom. The van der Waals surface area contributed by atoms with Crippen LogP contribution in [0.15, 0.2) is 18.2 Å². The summed E-state index contributed by atoms with van der Waals surface area (Å²) in [5.74, 6) is -1.43. The summed E-state index contributed by atoms with van der Waals surface area (Å²) in [6, 6.07) is 3.09. The quantitative estimate of drug-likeness (QED) is 0.302. The van der Waals surface area contributed by atoms with E-state index >= 15 is 0 Å². The van der Waals surface area contributed by atoms with Gasteiger partial charge in [-0.05, 0) is 31.0 Å².